The van der Waals surface area contributed by atoms with Crippen LogP contribution in [0.1, 0.15) is 23.6 Å². The number of nitrogens with one attached hydrogen (secondary N) is 3. The summed E-state index contributed by atoms with van der Waals surface area (Å²) in [6.45, 7) is 8.94. The van der Waals surface area contributed by atoms with E-state index < -0.39 is 0 Å². The fourth-order valence-corrected chi connectivity index (χ4v) is 3.18. The summed E-state index contributed by atoms with van der Waals surface area (Å²) in [6, 6.07) is 11.3. The highest BCUT2D eigenvalue weighted by molar-refractivity contribution is 5.94. The Morgan fingerprint density at radius 3 is 2.00 bits per heavy atom. The molecule has 0 aromatic heterocycles. The second kappa shape index (κ2) is 9.90. The minimum atomic E-state index is -0.142. The monoisotopic (exact) mass is 384 g/mol. The molecule has 0 fully saturated rings. The number of amides is 2. The molecule has 3 N–H and O–H groups in total. The predicted octanol–water partition coefficient (Wildman–Crippen LogP) is 2.10. The van der Waals surface area contributed by atoms with Crippen molar-refractivity contribution in [1.29, 1.82) is 0 Å². The standard InChI is InChI=1S/C22H29N3O3/c1-6-28-19-9-7-18(8-10-19)23-20(26)13-25(5)14-21(27)24-22-16(3)11-15(2)12-17(22)4/h7-12H,6,13-14H2,1-5H3,(H,23,26)(H,24,27)/p+1. The zero-order valence-corrected chi connectivity index (χ0v) is 17.3. The van der Waals surface area contributed by atoms with Crippen molar-refractivity contribution >= 4 is 23.2 Å². The van der Waals surface area contributed by atoms with Crippen molar-refractivity contribution in [3.8, 4) is 5.75 Å². The first-order chi connectivity index (χ1) is 13.3. The van der Waals surface area contributed by atoms with Crippen LogP contribution in [0.15, 0.2) is 36.4 Å². The Labute approximate surface area is 166 Å². The number of hydrogen-bond acceptors (Lipinski definition) is 3. The van der Waals surface area contributed by atoms with Crippen molar-refractivity contribution in [2.24, 2.45) is 0 Å². The molecule has 28 heavy (non-hydrogen) atoms. The number of benzene rings is 2. The second-order valence-corrected chi connectivity index (χ2v) is 7.14. The number of carbonyl (C=O) groups is 2. The van der Waals surface area contributed by atoms with Gasteiger partial charge in [-0.25, -0.2) is 0 Å². The SMILES string of the molecule is CCOc1ccc(NC(=O)C[NH+](C)CC(=O)Nc2c(C)cc(C)cc2C)cc1. The summed E-state index contributed by atoms with van der Waals surface area (Å²) >= 11 is 0. The molecule has 6 heteroatoms. The van der Waals surface area contributed by atoms with E-state index in [-0.39, 0.29) is 24.9 Å². The minimum absolute atomic E-state index is 0.110. The maximum atomic E-state index is 12.4. The molecule has 2 rings (SSSR count). The van der Waals surface area contributed by atoms with Crippen LogP contribution in [0.5, 0.6) is 5.75 Å². The van der Waals surface area contributed by atoms with Crippen molar-refractivity contribution in [1.82, 2.24) is 0 Å². The van der Waals surface area contributed by atoms with Gasteiger partial charge in [0.1, 0.15) is 5.75 Å². The van der Waals surface area contributed by atoms with E-state index in [1.54, 1.807) is 12.1 Å². The molecule has 2 aromatic carbocycles. The second-order valence-electron chi connectivity index (χ2n) is 7.14. The summed E-state index contributed by atoms with van der Waals surface area (Å²) < 4.78 is 5.38. The van der Waals surface area contributed by atoms with Crippen molar-refractivity contribution in [3.05, 3.63) is 53.1 Å². The van der Waals surface area contributed by atoms with Crippen LogP contribution >= 0.6 is 0 Å². The van der Waals surface area contributed by atoms with Crippen LogP contribution in [0, 0.1) is 20.8 Å². The van der Waals surface area contributed by atoms with Gasteiger partial charge < -0.3 is 20.3 Å². The Kier molecular flexibility index (Phi) is 7.58. The molecule has 0 saturated heterocycles. The van der Waals surface area contributed by atoms with E-state index in [9.17, 15) is 9.59 Å². The van der Waals surface area contributed by atoms with Crippen LogP contribution in [0.3, 0.4) is 0 Å². The highest BCUT2D eigenvalue weighted by Crippen LogP contribution is 2.21. The molecule has 0 bridgehead atoms. The van der Waals surface area contributed by atoms with Gasteiger partial charge in [0, 0.05) is 11.4 Å². The van der Waals surface area contributed by atoms with Gasteiger partial charge in [-0.3, -0.25) is 9.59 Å². The lowest BCUT2D eigenvalue weighted by Crippen LogP contribution is -3.11. The van der Waals surface area contributed by atoms with Crippen LogP contribution in [0.4, 0.5) is 11.4 Å². The normalized spacial score (nSPS) is 11.6. The molecule has 150 valence electrons. The number of anilines is 2. The topological polar surface area (TPSA) is 71.9 Å². The molecule has 0 aliphatic carbocycles. The number of carbonyl (C=O) groups excluding carboxylic acids is 2. The van der Waals surface area contributed by atoms with Gasteiger partial charge in [0.25, 0.3) is 11.8 Å². The zero-order valence-electron chi connectivity index (χ0n) is 17.3. The van der Waals surface area contributed by atoms with Crippen LogP contribution in [-0.4, -0.2) is 38.6 Å². The van der Waals surface area contributed by atoms with E-state index in [2.05, 4.69) is 10.6 Å². The van der Waals surface area contributed by atoms with Crippen molar-refractivity contribution in [2.45, 2.75) is 27.7 Å². The first-order valence-electron chi connectivity index (χ1n) is 9.50. The van der Waals surface area contributed by atoms with E-state index in [1.165, 1.54) is 5.56 Å². The summed E-state index contributed by atoms with van der Waals surface area (Å²) in [5.41, 5.74) is 4.80. The molecular formula is C22H30N3O3+. The van der Waals surface area contributed by atoms with Gasteiger partial charge in [0.2, 0.25) is 0 Å². The first kappa shape index (κ1) is 21.4. The molecule has 0 aliphatic heterocycles. The lowest BCUT2D eigenvalue weighted by atomic mass is 10.1. The summed E-state index contributed by atoms with van der Waals surface area (Å²) in [5.74, 6) is 0.514. The Balaban J connectivity index is 1.84. The van der Waals surface area contributed by atoms with E-state index in [4.69, 9.17) is 4.74 Å². The molecule has 2 aromatic rings. The number of aryl methyl sites for hydroxylation is 3. The fraction of sp³-hybridized carbons (Fsp3) is 0.364. The number of ether oxygens (including phenoxy) is 1. The smallest absolute Gasteiger partial charge is 0.279 e. The van der Waals surface area contributed by atoms with Gasteiger partial charge in [-0.1, -0.05) is 17.7 Å². The largest absolute Gasteiger partial charge is 0.494 e. The third kappa shape index (κ3) is 6.39. The summed E-state index contributed by atoms with van der Waals surface area (Å²) in [6.07, 6.45) is 0. The molecule has 1 atom stereocenters. The molecule has 0 spiro atoms. The van der Waals surface area contributed by atoms with Crippen molar-refractivity contribution < 1.29 is 19.2 Å². The van der Waals surface area contributed by atoms with Gasteiger partial charge in [-0.2, -0.15) is 0 Å². The Morgan fingerprint density at radius 1 is 0.929 bits per heavy atom. The number of likely N-dealkylation sites (N-methyl/N-ethyl adjacent to an activating group) is 1. The fourth-order valence-electron chi connectivity index (χ4n) is 3.18. The van der Waals surface area contributed by atoms with Gasteiger partial charge in [0.05, 0.1) is 13.7 Å². The lowest BCUT2D eigenvalue weighted by Gasteiger charge is -2.16. The Hall–Kier alpha value is -2.86. The van der Waals surface area contributed by atoms with Crippen molar-refractivity contribution in [2.75, 3.05) is 37.4 Å². The van der Waals surface area contributed by atoms with Gasteiger partial charge in [-0.15, -0.1) is 0 Å². The van der Waals surface area contributed by atoms with Crippen molar-refractivity contribution in [3.63, 3.8) is 0 Å². The van der Waals surface area contributed by atoms with E-state index in [0.29, 0.717) is 12.3 Å². The Bertz CT molecular complexity index is 808. The summed E-state index contributed by atoms with van der Waals surface area (Å²) in [4.78, 5) is 25.4. The molecule has 0 aliphatic rings. The number of quaternary nitrogens is 1. The van der Waals surface area contributed by atoms with Gasteiger partial charge in [0.15, 0.2) is 13.1 Å². The zero-order chi connectivity index (χ0) is 20.7. The van der Waals surface area contributed by atoms with Gasteiger partial charge in [-0.05, 0) is 63.1 Å². The maximum Gasteiger partial charge on any atom is 0.279 e. The minimum Gasteiger partial charge on any atom is -0.494 e. The molecule has 0 saturated carbocycles. The Morgan fingerprint density at radius 2 is 1.46 bits per heavy atom. The van der Waals surface area contributed by atoms with Gasteiger partial charge >= 0.3 is 0 Å². The van der Waals surface area contributed by atoms with E-state index >= 15 is 0 Å². The predicted molar refractivity (Wildman–Crippen MR) is 112 cm³/mol. The highest BCUT2D eigenvalue weighted by atomic mass is 16.5. The van der Waals surface area contributed by atoms with E-state index in [0.717, 1.165) is 27.5 Å². The van der Waals surface area contributed by atoms with Crippen LogP contribution in [-0.2, 0) is 9.59 Å². The van der Waals surface area contributed by atoms with Crippen LogP contribution < -0.4 is 20.3 Å². The summed E-state index contributed by atoms with van der Waals surface area (Å²) in [7, 11) is 1.83. The first-order valence-corrected chi connectivity index (χ1v) is 9.50. The molecule has 2 amide bonds. The average molecular weight is 385 g/mol. The third-order valence-corrected chi connectivity index (χ3v) is 4.32. The summed E-state index contributed by atoms with van der Waals surface area (Å²) in [5, 5.41) is 5.81. The lowest BCUT2D eigenvalue weighted by molar-refractivity contribution is -0.862. The third-order valence-electron chi connectivity index (χ3n) is 4.32. The van der Waals surface area contributed by atoms with E-state index in [1.807, 2.05) is 59.0 Å². The molecule has 1 unspecified atom stereocenters. The molecule has 0 radical (unpaired) electrons. The number of rotatable bonds is 8. The van der Waals surface area contributed by atoms with Crippen LogP contribution in [0.2, 0.25) is 0 Å². The average Bonchev–Trinajstić information content (AvgIpc) is 2.59. The number of hydrogen-bond donors (Lipinski definition) is 3. The molecular weight excluding hydrogens is 354 g/mol. The molecule has 6 nitrogen and oxygen atoms in total. The van der Waals surface area contributed by atoms with Crippen LogP contribution in [0.25, 0.3) is 0 Å². The maximum absolute atomic E-state index is 12.4. The highest BCUT2D eigenvalue weighted by Gasteiger charge is 2.16. The molecule has 0 heterocycles. The quantitative estimate of drug-likeness (QED) is 0.653.